The molecule has 0 amide bonds. The normalized spacial score (nSPS) is 12.3. The van der Waals surface area contributed by atoms with Crippen LogP contribution in [-0.2, 0) is 12.8 Å². The Morgan fingerprint density at radius 1 is 1.37 bits per heavy atom. The summed E-state index contributed by atoms with van der Waals surface area (Å²) < 4.78 is 6.56. The molecule has 0 saturated heterocycles. The summed E-state index contributed by atoms with van der Waals surface area (Å²) in [5.74, 6) is 0.0992. The van der Waals surface area contributed by atoms with Gasteiger partial charge in [0.05, 0.1) is 6.04 Å². The summed E-state index contributed by atoms with van der Waals surface area (Å²) in [5, 5.41) is 4.23. The summed E-state index contributed by atoms with van der Waals surface area (Å²) in [6.07, 6.45) is 3.92. The van der Waals surface area contributed by atoms with Crippen molar-refractivity contribution in [2.45, 2.75) is 32.2 Å². The van der Waals surface area contributed by atoms with Crippen LogP contribution in [-0.4, -0.2) is 9.78 Å². The van der Waals surface area contributed by atoms with Crippen LogP contribution < -0.4 is 5.76 Å². The van der Waals surface area contributed by atoms with E-state index in [0.29, 0.717) is 18.7 Å². The van der Waals surface area contributed by atoms with E-state index in [1.165, 1.54) is 10.2 Å². The lowest BCUT2D eigenvalue weighted by Gasteiger charge is -2.05. The van der Waals surface area contributed by atoms with Crippen LogP contribution in [0.1, 0.15) is 30.8 Å². The van der Waals surface area contributed by atoms with Gasteiger partial charge in [0, 0.05) is 6.42 Å². The van der Waals surface area contributed by atoms with Gasteiger partial charge in [-0.3, -0.25) is 0 Å². The minimum Gasteiger partial charge on any atom is -0.392 e. The molecule has 0 aliphatic carbocycles. The first-order chi connectivity index (χ1) is 9.20. The van der Waals surface area contributed by atoms with E-state index in [0.717, 1.165) is 6.42 Å². The lowest BCUT2D eigenvalue weighted by atomic mass is 10.1. The number of nitrogens with zero attached hydrogens (tertiary/aromatic N) is 2. The molecule has 1 heterocycles. The maximum absolute atomic E-state index is 11.7. The van der Waals surface area contributed by atoms with E-state index in [4.69, 9.17) is 4.42 Å². The van der Waals surface area contributed by atoms with Crippen LogP contribution in [0, 0.1) is 0 Å². The lowest BCUT2D eigenvalue weighted by Crippen LogP contribution is -2.19. The van der Waals surface area contributed by atoms with Crippen molar-refractivity contribution in [1.82, 2.24) is 9.78 Å². The monoisotopic (exact) mass is 258 g/mol. The number of aromatic nitrogens is 2. The van der Waals surface area contributed by atoms with Crippen LogP contribution in [0.2, 0.25) is 0 Å². The summed E-state index contributed by atoms with van der Waals surface area (Å²) in [7, 11) is 0. The SMILES string of the molecule is C=CCC(C)n1nc(CCc2ccccc2)oc1=O. The highest BCUT2D eigenvalue weighted by Crippen LogP contribution is 2.09. The van der Waals surface area contributed by atoms with Crippen LogP contribution in [0.4, 0.5) is 0 Å². The molecule has 1 aromatic carbocycles. The van der Waals surface area contributed by atoms with Gasteiger partial charge in [0.15, 0.2) is 0 Å². The van der Waals surface area contributed by atoms with E-state index >= 15 is 0 Å². The highest BCUT2D eigenvalue weighted by Gasteiger charge is 2.12. The fourth-order valence-corrected chi connectivity index (χ4v) is 1.95. The summed E-state index contributed by atoms with van der Waals surface area (Å²) in [4.78, 5) is 11.7. The van der Waals surface area contributed by atoms with Crippen LogP contribution in [0.25, 0.3) is 0 Å². The molecule has 0 spiro atoms. The Morgan fingerprint density at radius 2 is 2.11 bits per heavy atom. The molecule has 19 heavy (non-hydrogen) atoms. The Kier molecular flexibility index (Phi) is 4.34. The second-order valence-corrected chi connectivity index (χ2v) is 4.57. The zero-order valence-corrected chi connectivity index (χ0v) is 11.1. The molecular formula is C15H18N2O2. The predicted molar refractivity (Wildman–Crippen MR) is 74.1 cm³/mol. The van der Waals surface area contributed by atoms with E-state index in [-0.39, 0.29) is 6.04 Å². The van der Waals surface area contributed by atoms with Crippen molar-refractivity contribution in [3.8, 4) is 0 Å². The molecule has 0 bridgehead atoms. The molecule has 0 aliphatic heterocycles. The van der Waals surface area contributed by atoms with Gasteiger partial charge in [0.2, 0.25) is 5.89 Å². The van der Waals surface area contributed by atoms with Gasteiger partial charge >= 0.3 is 5.76 Å². The maximum atomic E-state index is 11.7. The average Bonchev–Trinajstić information content (AvgIpc) is 2.79. The summed E-state index contributed by atoms with van der Waals surface area (Å²) in [6, 6.07) is 10.1. The molecule has 1 unspecified atom stereocenters. The third kappa shape index (κ3) is 3.44. The van der Waals surface area contributed by atoms with E-state index in [1.807, 2.05) is 25.1 Å². The topological polar surface area (TPSA) is 48.0 Å². The summed E-state index contributed by atoms with van der Waals surface area (Å²) in [6.45, 7) is 5.59. The highest BCUT2D eigenvalue weighted by atomic mass is 16.4. The first kappa shape index (κ1) is 13.3. The fraction of sp³-hybridized carbons (Fsp3) is 0.333. The van der Waals surface area contributed by atoms with Crippen molar-refractivity contribution in [2.75, 3.05) is 0 Å². The lowest BCUT2D eigenvalue weighted by molar-refractivity contribution is 0.419. The number of hydrogen-bond donors (Lipinski definition) is 0. The molecule has 1 aromatic heterocycles. The molecule has 2 rings (SSSR count). The van der Waals surface area contributed by atoms with Gasteiger partial charge in [-0.15, -0.1) is 11.7 Å². The first-order valence-corrected chi connectivity index (χ1v) is 6.44. The molecule has 0 aliphatic rings. The molecule has 1 atom stereocenters. The van der Waals surface area contributed by atoms with Crippen molar-refractivity contribution in [2.24, 2.45) is 0 Å². The van der Waals surface area contributed by atoms with Gasteiger partial charge in [-0.25, -0.2) is 4.79 Å². The average molecular weight is 258 g/mol. The summed E-state index contributed by atoms with van der Waals surface area (Å²) in [5.41, 5.74) is 1.21. The van der Waals surface area contributed by atoms with E-state index in [9.17, 15) is 4.79 Å². The number of benzene rings is 1. The number of hydrogen-bond acceptors (Lipinski definition) is 3. The van der Waals surface area contributed by atoms with E-state index < -0.39 is 5.76 Å². The predicted octanol–water partition coefficient (Wildman–Crippen LogP) is 2.76. The van der Waals surface area contributed by atoms with Crippen molar-refractivity contribution in [3.63, 3.8) is 0 Å². The van der Waals surface area contributed by atoms with E-state index in [1.54, 1.807) is 6.08 Å². The minimum atomic E-state index is -0.391. The van der Waals surface area contributed by atoms with Crippen LogP contribution in [0.3, 0.4) is 0 Å². The van der Waals surface area contributed by atoms with Crippen molar-refractivity contribution in [3.05, 3.63) is 65.0 Å². The Balaban J connectivity index is 2.04. The van der Waals surface area contributed by atoms with Crippen molar-refractivity contribution >= 4 is 0 Å². The summed E-state index contributed by atoms with van der Waals surface area (Å²) >= 11 is 0. The minimum absolute atomic E-state index is 0.0146. The molecular weight excluding hydrogens is 240 g/mol. The molecule has 100 valence electrons. The zero-order chi connectivity index (χ0) is 13.7. The molecule has 4 nitrogen and oxygen atoms in total. The molecule has 0 saturated carbocycles. The molecule has 0 fully saturated rings. The van der Waals surface area contributed by atoms with Gasteiger partial charge in [0.1, 0.15) is 0 Å². The molecule has 0 radical (unpaired) electrons. The Bertz CT molecular complexity index is 584. The quantitative estimate of drug-likeness (QED) is 0.748. The van der Waals surface area contributed by atoms with Gasteiger partial charge in [-0.05, 0) is 25.3 Å². The third-order valence-corrected chi connectivity index (χ3v) is 3.01. The number of aryl methyl sites for hydroxylation is 2. The van der Waals surface area contributed by atoms with Gasteiger partial charge in [0.25, 0.3) is 0 Å². The van der Waals surface area contributed by atoms with Crippen molar-refractivity contribution < 1.29 is 4.42 Å². The Morgan fingerprint density at radius 3 is 2.79 bits per heavy atom. The molecule has 2 aromatic rings. The highest BCUT2D eigenvalue weighted by molar-refractivity contribution is 5.15. The van der Waals surface area contributed by atoms with Crippen molar-refractivity contribution in [1.29, 1.82) is 0 Å². The third-order valence-electron chi connectivity index (χ3n) is 3.01. The van der Waals surface area contributed by atoms with Crippen LogP contribution in [0.15, 0.2) is 52.2 Å². The molecule has 0 N–H and O–H groups in total. The number of rotatable bonds is 6. The fourth-order valence-electron chi connectivity index (χ4n) is 1.95. The van der Waals surface area contributed by atoms with Gasteiger partial charge < -0.3 is 4.42 Å². The Labute approximate surface area is 112 Å². The number of allylic oxidation sites excluding steroid dienone is 1. The Hall–Kier alpha value is -2.10. The van der Waals surface area contributed by atoms with Gasteiger partial charge in [-0.2, -0.15) is 4.68 Å². The second kappa shape index (κ2) is 6.18. The molecule has 4 heteroatoms. The van der Waals surface area contributed by atoms with Crippen LogP contribution in [0.5, 0.6) is 0 Å². The maximum Gasteiger partial charge on any atom is 0.437 e. The van der Waals surface area contributed by atoms with Crippen LogP contribution >= 0.6 is 0 Å². The zero-order valence-electron chi connectivity index (χ0n) is 11.1. The van der Waals surface area contributed by atoms with E-state index in [2.05, 4.69) is 23.8 Å². The smallest absolute Gasteiger partial charge is 0.392 e. The second-order valence-electron chi connectivity index (χ2n) is 4.57. The largest absolute Gasteiger partial charge is 0.437 e. The van der Waals surface area contributed by atoms with Gasteiger partial charge in [-0.1, -0.05) is 36.4 Å². The standard InChI is InChI=1S/C15H18N2O2/c1-3-7-12(2)17-15(18)19-14(16-17)11-10-13-8-5-4-6-9-13/h3-6,8-9,12H,1,7,10-11H2,2H3. The first-order valence-electron chi connectivity index (χ1n) is 6.44.